The fourth-order valence-corrected chi connectivity index (χ4v) is 1.43. The molecule has 5 heteroatoms. The Bertz CT molecular complexity index is 467. The Labute approximate surface area is 85.7 Å². The van der Waals surface area contributed by atoms with Gasteiger partial charge in [-0.15, -0.1) is 0 Å². The van der Waals surface area contributed by atoms with E-state index in [1.54, 1.807) is 0 Å². The van der Waals surface area contributed by atoms with Crippen LogP contribution in [0.5, 0.6) is 0 Å². The molecule has 2 aromatic rings. The van der Waals surface area contributed by atoms with Crippen molar-refractivity contribution in [2.24, 2.45) is 0 Å². The molecule has 0 aromatic carbocycles. The number of nitrogens with zero attached hydrogens (tertiary/aromatic N) is 2. The van der Waals surface area contributed by atoms with Crippen molar-refractivity contribution in [3.05, 3.63) is 29.2 Å². The van der Waals surface area contributed by atoms with Gasteiger partial charge in [-0.25, -0.2) is 4.98 Å². The van der Waals surface area contributed by atoms with Crippen molar-refractivity contribution in [3.63, 3.8) is 0 Å². The summed E-state index contributed by atoms with van der Waals surface area (Å²) < 4.78 is 4.97. The van der Waals surface area contributed by atoms with Crippen molar-refractivity contribution in [3.8, 4) is 11.3 Å². The Morgan fingerprint density at radius 3 is 2.79 bits per heavy atom. The van der Waals surface area contributed by atoms with Gasteiger partial charge in [0.2, 0.25) is 0 Å². The van der Waals surface area contributed by atoms with Gasteiger partial charge in [0.25, 0.3) is 0 Å². The molecule has 0 atom stereocenters. The summed E-state index contributed by atoms with van der Waals surface area (Å²) in [5, 5.41) is 3.94. The molecule has 0 aliphatic heterocycles. The smallest absolute Gasteiger partial charge is 0.192 e. The molecule has 0 unspecified atom stereocenters. The lowest BCUT2D eigenvalue weighted by Crippen LogP contribution is -1.88. The van der Waals surface area contributed by atoms with E-state index in [1.807, 2.05) is 19.1 Å². The number of nitrogen functional groups attached to an aromatic ring is 1. The molecule has 0 aliphatic carbocycles. The van der Waals surface area contributed by atoms with Gasteiger partial charge >= 0.3 is 0 Å². The molecule has 2 heterocycles. The molecule has 14 heavy (non-hydrogen) atoms. The number of nitrogens with two attached hydrogens (primary N) is 1. The third kappa shape index (κ3) is 1.44. The SMILES string of the molecule is Cc1ccc(-c2oncc2N)c(Cl)n1. The summed E-state index contributed by atoms with van der Waals surface area (Å²) in [5.74, 6) is 0.461. The lowest BCUT2D eigenvalue weighted by molar-refractivity contribution is 0.432. The van der Waals surface area contributed by atoms with Crippen LogP contribution in [0.2, 0.25) is 5.15 Å². The van der Waals surface area contributed by atoms with Crippen molar-refractivity contribution < 1.29 is 4.52 Å². The highest BCUT2D eigenvalue weighted by molar-refractivity contribution is 6.32. The Balaban J connectivity index is 2.58. The van der Waals surface area contributed by atoms with E-state index >= 15 is 0 Å². The van der Waals surface area contributed by atoms with Gasteiger partial charge < -0.3 is 10.3 Å². The molecule has 0 fully saturated rings. The van der Waals surface area contributed by atoms with Crippen LogP contribution in [-0.2, 0) is 0 Å². The van der Waals surface area contributed by atoms with Gasteiger partial charge in [0.05, 0.1) is 11.8 Å². The summed E-state index contributed by atoms with van der Waals surface area (Å²) >= 11 is 5.94. The molecule has 0 aliphatic rings. The highest BCUT2D eigenvalue weighted by Crippen LogP contribution is 2.30. The van der Waals surface area contributed by atoms with Gasteiger partial charge in [0.15, 0.2) is 5.76 Å². The first kappa shape index (κ1) is 9.02. The van der Waals surface area contributed by atoms with Crippen LogP contribution in [0.3, 0.4) is 0 Å². The molecule has 72 valence electrons. The molecular formula is C9H8ClN3O. The summed E-state index contributed by atoms with van der Waals surface area (Å²) in [4.78, 5) is 4.09. The lowest BCUT2D eigenvalue weighted by atomic mass is 10.2. The van der Waals surface area contributed by atoms with Gasteiger partial charge in [-0.1, -0.05) is 16.8 Å². The van der Waals surface area contributed by atoms with Crippen molar-refractivity contribution in [2.75, 3.05) is 5.73 Å². The molecule has 2 aromatic heterocycles. The van der Waals surface area contributed by atoms with Crippen LogP contribution in [0.25, 0.3) is 11.3 Å². The fourth-order valence-electron chi connectivity index (χ4n) is 1.15. The van der Waals surface area contributed by atoms with Crippen molar-refractivity contribution in [2.45, 2.75) is 6.92 Å². The number of hydrogen-bond donors (Lipinski definition) is 1. The van der Waals surface area contributed by atoms with Crippen LogP contribution in [-0.4, -0.2) is 10.1 Å². The molecular weight excluding hydrogens is 202 g/mol. The summed E-state index contributed by atoms with van der Waals surface area (Å²) in [7, 11) is 0. The average molecular weight is 210 g/mol. The van der Waals surface area contributed by atoms with Crippen molar-refractivity contribution in [1.29, 1.82) is 0 Å². The maximum Gasteiger partial charge on any atom is 0.192 e. The van der Waals surface area contributed by atoms with Gasteiger partial charge in [-0.2, -0.15) is 0 Å². The van der Waals surface area contributed by atoms with Crippen LogP contribution >= 0.6 is 11.6 Å². The van der Waals surface area contributed by atoms with E-state index in [0.29, 0.717) is 22.2 Å². The minimum Gasteiger partial charge on any atom is -0.394 e. The summed E-state index contributed by atoms with van der Waals surface area (Å²) in [6, 6.07) is 3.64. The molecule has 0 spiro atoms. The normalized spacial score (nSPS) is 10.4. The molecule has 0 radical (unpaired) electrons. The Hall–Kier alpha value is -1.55. The van der Waals surface area contributed by atoms with Gasteiger partial charge in [-0.05, 0) is 19.1 Å². The monoisotopic (exact) mass is 209 g/mol. The molecule has 4 nitrogen and oxygen atoms in total. The minimum absolute atomic E-state index is 0.369. The van der Waals surface area contributed by atoms with E-state index in [9.17, 15) is 0 Å². The first-order valence-corrected chi connectivity index (χ1v) is 4.40. The van der Waals surface area contributed by atoms with Crippen LogP contribution in [0.15, 0.2) is 22.9 Å². The third-order valence-electron chi connectivity index (χ3n) is 1.83. The van der Waals surface area contributed by atoms with Crippen molar-refractivity contribution >= 4 is 17.3 Å². The van der Waals surface area contributed by atoms with E-state index in [1.165, 1.54) is 6.20 Å². The van der Waals surface area contributed by atoms with Crippen LogP contribution in [0.1, 0.15) is 5.69 Å². The van der Waals surface area contributed by atoms with Crippen LogP contribution < -0.4 is 5.73 Å². The topological polar surface area (TPSA) is 64.9 Å². The number of rotatable bonds is 1. The second-order valence-corrected chi connectivity index (χ2v) is 3.26. The number of aromatic nitrogens is 2. The maximum atomic E-state index is 5.94. The van der Waals surface area contributed by atoms with E-state index in [4.69, 9.17) is 21.9 Å². The third-order valence-corrected chi connectivity index (χ3v) is 2.12. The number of pyridine rings is 1. The lowest BCUT2D eigenvalue weighted by Gasteiger charge is -2.00. The standard InChI is InChI=1S/C9H8ClN3O/c1-5-2-3-6(9(10)13-5)8-7(11)4-12-14-8/h2-4H,11H2,1H3. The molecule has 0 bridgehead atoms. The Morgan fingerprint density at radius 1 is 1.43 bits per heavy atom. The largest absolute Gasteiger partial charge is 0.394 e. The van der Waals surface area contributed by atoms with E-state index < -0.39 is 0 Å². The molecule has 0 saturated carbocycles. The molecule has 0 saturated heterocycles. The predicted molar refractivity (Wildman–Crippen MR) is 53.9 cm³/mol. The number of hydrogen-bond acceptors (Lipinski definition) is 4. The fraction of sp³-hybridized carbons (Fsp3) is 0.111. The summed E-state index contributed by atoms with van der Waals surface area (Å²) in [5.41, 5.74) is 7.60. The van der Waals surface area contributed by atoms with Crippen LogP contribution in [0, 0.1) is 6.92 Å². The number of anilines is 1. The van der Waals surface area contributed by atoms with Gasteiger partial charge in [-0.3, -0.25) is 0 Å². The zero-order chi connectivity index (χ0) is 10.1. The molecule has 2 rings (SSSR count). The zero-order valence-corrected chi connectivity index (χ0v) is 8.25. The first-order chi connectivity index (χ1) is 6.68. The van der Waals surface area contributed by atoms with Gasteiger partial charge in [0, 0.05) is 5.69 Å². The Kier molecular flexibility index (Phi) is 2.13. The molecule has 0 amide bonds. The van der Waals surface area contributed by atoms with E-state index in [2.05, 4.69) is 10.1 Å². The maximum absolute atomic E-state index is 5.94. The highest BCUT2D eigenvalue weighted by atomic mass is 35.5. The minimum atomic E-state index is 0.369. The number of aryl methyl sites for hydroxylation is 1. The van der Waals surface area contributed by atoms with E-state index in [-0.39, 0.29) is 0 Å². The van der Waals surface area contributed by atoms with E-state index in [0.717, 1.165) is 5.69 Å². The number of halogens is 1. The highest BCUT2D eigenvalue weighted by Gasteiger charge is 2.12. The predicted octanol–water partition coefficient (Wildman–Crippen LogP) is 2.28. The van der Waals surface area contributed by atoms with Gasteiger partial charge in [0.1, 0.15) is 10.8 Å². The summed E-state index contributed by atoms with van der Waals surface area (Å²) in [6.07, 6.45) is 1.44. The first-order valence-electron chi connectivity index (χ1n) is 4.02. The second-order valence-electron chi connectivity index (χ2n) is 2.90. The zero-order valence-electron chi connectivity index (χ0n) is 7.49. The summed E-state index contributed by atoms with van der Waals surface area (Å²) in [6.45, 7) is 1.86. The molecule has 2 N–H and O–H groups in total. The Morgan fingerprint density at radius 2 is 2.21 bits per heavy atom. The average Bonchev–Trinajstić information content (AvgIpc) is 2.52. The van der Waals surface area contributed by atoms with Crippen molar-refractivity contribution in [1.82, 2.24) is 10.1 Å². The van der Waals surface area contributed by atoms with Crippen LogP contribution in [0.4, 0.5) is 5.69 Å². The quantitative estimate of drug-likeness (QED) is 0.732. The second kappa shape index (κ2) is 3.31.